The summed E-state index contributed by atoms with van der Waals surface area (Å²) >= 11 is 4.51. The molecule has 150 valence electrons. The molecule has 0 aliphatic carbocycles. The van der Waals surface area contributed by atoms with Crippen LogP contribution in [0.25, 0.3) is 0 Å². The lowest BCUT2D eigenvalue weighted by Crippen LogP contribution is -2.19. The maximum absolute atomic E-state index is 12.0. The molecule has 0 radical (unpaired) electrons. The van der Waals surface area contributed by atoms with Crippen molar-refractivity contribution in [1.82, 2.24) is 15.6 Å². The minimum absolute atomic E-state index is 0.176. The smallest absolute Gasteiger partial charge is 0.250 e. The van der Waals surface area contributed by atoms with Crippen molar-refractivity contribution in [2.24, 2.45) is 5.10 Å². The largest absolute Gasteiger partial charge is 0.378 e. The van der Waals surface area contributed by atoms with Crippen molar-refractivity contribution in [2.45, 2.75) is 14.4 Å². The van der Waals surface area contributed by atoms with E-state index in [4.69, 9.17) is 0 Å². The molecule has 0 aliphatic rings. The van der Waals surface area contributed by atoms with Gasteiger partial charge in [-0.1, -0.05) is 77.3 Å². The van der Waals surface area contributed by atoms with Crippen LogP contribution in [0.2, 0.25) is 0 Å². The van der Waals surface area contributed by atoms with Gasteiger partial charge in [0.15, 0.2) is 8.68 Å². The minimum atomic E-state index is -0.176. The van der Waals surface area contributed by atoms with Gasteiger partial charge in [-0.3, -0.25) is 4.79 Å². The molecule has 6 nitrogen and oxygen atoms in total. The highest BCUT2D eigenvalue weighted by Gasteiger charge is 2.08. The molecule has 0 unspecified atom stereocenters. The standard InChI is InChI=1S/C20H21N5OS3/c1-25(2)17-10-8-15(9-11-17)12-21-22-18(26)14-28-20-24-23-19(29-20)27-13-16-6-4-3-5-7-16/h3-12H,13-14H2,1-2H3,(H,22,26). The number of nitrogens with one attached hydrogen (secondary N) is 1. The van der Waals surface area contributed by atoms with E-state index in [2.05, 4.69) is 32.9 Å². The second-order valence-electron chi connectivity index (χ2n) is 6.18. The first-order valence-electron chi connectivity index (χ1n) is 8.82. The second kappa shape index (κ2) is 11.0. The van der Waals surface area contributed by atoms with Crippen LogP contribution in [0.1, 0.15) is 11.1 Å². The summed E-state index contributed by atoms with van der Waals surface area (Å²) in [6.07, 6.45) is 1.63. The number of hydrazone groups is 1. The third kappa shape index (κ3) is 7.19. The Labute approximate surface area is 182 Å². The molecule has 0 saturated heterocycles. The summed E-state index contributed by atoms with van der Waals surface area (Å²) < 4.78 is 1.68. The number of hydrogen-bond donors (Lipinski definition) is 1. The Morgan fingerprint density at radius 3 is 2.45 bits per heavy atom. The zero-order valence-corrected chi connectivity index (χ0v) is 18.6. The molecule has 3 aromatic rings. The fraction of sp³-hybridized carbons (Fsp3) is 0.200. The lowest BCUT2D eigenvalue weighted by Gasteiger charge is -2.11. The zero-order chi connectivity index (χ0) is 20.5. The van der Waals surface area contributed by atoms with Crippen molar-refractivity contribution in [3.05, 3.63) is 65.7 Å². The molecule has 3 rings (SSSR count). The molecule has 0 atom stereocenters. The number of benzene rings is 2. The topological polar surface area (TPSA) is 70.5 Å². The van der Waals surface area contributed by atoms with Gasteiger partial charge in [0.2, 0.25) is 0 Å². The molecular weight excluding hydrogens is 422 g/mol. The van der Waals surface area contributed by atoms with E-state index in [1.54, 1.807) is 18.0 Å². The summed E-state index contributed by atoms with van der Waals surface area (Å²) in [5, 5.41) is 12.3. The molecule has 29 heavy (non-hydrogen) atoms. The van der Waals surface area contributed by atoms with Crippen LogP contribution in [0.15, 0.2) is 68.4 Å². The quantitative estimate of drug-likeness (QED) is 0.304. The van der Waals surface area contributed by atoms with Crippen LogP contribution in [-0.4, -0.2) is 42.2 Å². The van der Waals surface area contributed by atoms with Gasteiger partial charge in [0, 0.05) is 25.5 Å². The molecule has 1 heterocycles. The van der Waals surface area contributed by atoms with E-state index in [0.29, 0.717) is 0 Å². The van der Waals surface area contributed by atoms with E-state index >= 15 is 0 Å². The predicted octanol–water partition coefficient (Wildman–Crippen LogP) is 4.14. The molecule has 0 bridgehead atoms. The Kier molecular flexibility index (Phi) is 8.09. The number of amides is 1. The van der Waals surface area contributed by atoms with Crippen LogP contribution in [0, 0.1) is 0 Å². The summed E-state index contributed by atoms with van der Waals surface area (Å²) in [6, 6.07) is 18.1. The molecule has 2 aromatic carbocycles. The van der Waals surface area contributed by atoms with Crippen molar-refractivity contribution < 1.29 is 4.79 Å². The number of hydrogen-bond acceptors (Lipinski definition) is 8. The highest BCUT2D eigenvalue weighted by Crippen LogP contribution is 2.30. The van der Waals surface area contributed by atoms with Gasteiger partial charge in [-0.2, -0.15) is 5.10 Å². The number of aromatic nitrogens is 2. The second-order valence-corrected chi connectivity index (χ2v) is 9.60. The van der Waals surface area contributed by atoms with E-state index in [9.17, 15) is 4.79 Å². The van der Waals surface area contributed by atoms with Crippen molar-refractivity contribution in [1.29, 1.82) is 0 Å². The number of carbonyl (C=O) groups excluding carboxylic acids is 1. The summed E-state index contributed by atoms with van der Waals surface area (Å²) in [4.78, 5) is 14.0. The number of thioether (sulfide) groups is 2. The van der Waals surface area contributed by atoms with Crippen molar-refractivity contribution in [3.63, 3.8) is 0 Å². The van der Waals surface area contributed by atoms with Gasteiger partial charge in [0.25, 0.3) is 5.91 Å². The highest BCUT2D eigenvalue weighted by molar-refractivity contribution is 8.03. The lowest BCUT2D eigenvalue weighted by atomic mass is 10.2. The van der Waals surface area contributed by atoms with Gasteiger partial charge in [-0.15, -0.1) is 10.2 Å². The van der Waals surface area contributed by atoms with Gasteiger partial charge in [0.1, 0.15) is 0 Å². The maximum Gasteiger partial charge on any atom is 0.250 e. The summed E-state index contributed by atoms with van der Waals surface area (Å²) in [5.74, 6) is 0.921. The Morgan fingerprint density at radius 2 is 1.76 bits per heavy atom. The third-order valence-corrected chi connectivity index (χ3v) is 6.99. The first-order valence-corrected chi connectivity index (χ1v) is 11.6. The van der Waals surface area contributed by atoms with E-state index < -0.39 is 0 Å². The molecule has 0 aliphatic heterocycles. The molecule has 0 spiro atoms. The predicted molar refractivity (Wildman–Crippen MR) is 123 cm³/mol. The van der Waals surface area contributed by atoms with Crippen molar-refractivity contribution in [2.75, 3.05) is 24.7 Å². The number of carbonyl (C=O) groups is 1. The average Bonchev–Trinajstić information content (AvgIpc) is 3.20. The van der Waals surface area contributed by atoms with Gasteiger partial charge < -0.3 is 4.90 Å². The summed E-state index contributed by atoms with van der Waals surface area (Å²) in [5.41, 5.74) is 5.82. The molecule has 1 aromatic heterocycles. The van der Waals surface area contributed by atoms with Crippen molar-refractivity contribution in [3.8, 4) is 0 Å². The summed E-state index contributed by atoms with van der Waals surface area (Å²) in [7, 11) is 3.98. The number of nitrogens with zero attached hydrogens (tertiary/aromatic N) is 4. The minimum Gasteiger partial charge on any atom is -0.378 e. The van der Waals surface area contributed by atoms with Crippen LogP contribution >= 0.6 is 34.9 Å². The SMILES string of the molecule is CN(C)c1ccc(C=NNC(=O)CSc2nnc(SCc3ccccc3)s2)cc1. The monoisotopic (exact) mass is 443 g/mol. The van der Waals surface area contributed by atoms with E-state index in [1.165, 1.54) is 28.7 Å². The number of rotatable bonds is 9. The fourth-order valence-corrected chi connectivity index (χ4v) is 5.00. The average molecular weight is 444 g/mol. The number of anilines is 1. The molecule has 0 fully saturated rings. The first-order chi connectivity index (χ1) is 14.1. The third-order valence-electron chi connectivity index (χ3n) is 3.73. The highest BCUT2D eigenvalue weighted by atomic mass is 32.2. The first kappa shape index (κ1) is 21.4. The van der Waals surface area contributed by atoms with Gasteiger partial charge in [-0.25, -0.2) is 5.43 Å². The zero-order valence-electron chi connectivity index (χ0n) is 16.1. The Bertz CT molecular complexity index is 942. The molecular formula is C20H21N5OS3. The van der Waals surface area contributed by atoms with Crippen LogP contribution in [0.3, 0.4) is 0 Å². The van der Waals surface area contributed by atoms with Crippen LogP contribution in [0.5, 0.6) is 0 Å². The van der Waals surface area contributed by atoms with Crippen LogP contribution in [0.4, 0.5) is 5.69 Å². The Hall–Kier alpha value is -2.36. The normalized spacial score (nSPS) is 11.0. The van der Waals surface area contributed by atoms with Gasteiger partial charge in [0.05, 0.1) is 12.0 Å². The molecule has 9 heteroatoms. The van der Waals surface area contributed by atoms with Crippen LogP contribution in [-0.2, 0) is 10.5 Å². The van der Waals surface area contributed by atoms with E-state index in [0.717, 1.165) is 25.7 Å². The maximum atomic E-state index is 12.0. The molecule has 0 saturated carbocycles. The summed E-state index contributed by atoms with van der Waals surface area (Å²) in [6.45, 7) is 0. The van der Waals surface area contributed by atoms with Gasteiger partial charge >= 0.3 is 0 Å². The van der Waals surface area contributed by atoms with E-state index in [1.807, 2.05) is 61.5 Å². The fourth-order valence-electron chi connectivity index (χ4n) is 2.23. The van der Waals surface area contributed by atoms with Crippen molar-refractivity contribution >= 4 is 52.7 Å². The Morgan fingerprint density at radius 1 is 1.07 bits per heavy atom. The molecule has 1 amide bonds. The lowest BCUT2D eigenvalue weighted by molar-refractivity contribution is -0.118. The van der Waals surface area contributed by atoms with E-state index in [-0.39, 0.29) is 11.7 Å². The Balaban J connectivity index is 1.39. The van der Waals surface area contributed by atoms with Gasteiger partial charge in [-0.05, 0) is 23.3 Å². The van der Waals surface area contributed by atoms with Crippen LogP contribution < -0.4 is 10.3 Å². The molecule has 1 N–H and O–H groups in total.